The van der Waals surface area contributed by atoms with Crippen LogP contribution in [0.3, 0.4) is 0 Å². The van der Waals surface area contributed by atoms with E-state index in [9.17, 15) is 9.90 Å². The van der Waals surface area contributed by atoms with Gasteiger partial charge in [-0.05, 0) is 36.1 Å². The molecule has 2 rings (SSSR count). The molecule has 2 N–H and O–H groups in total. The molecule has 0 atom stereocenters. The number of aromatic nitrogens is 2. The van der Waals surface area contributed by atoms with Crippen molar-refractivity contribution in [2.75, 3.05) is 0 Å². The van der Waals surface area contributed by atoms with Gasteiger partial charge in [0.15, 0.2) is 0 Å². The van der Waals surface area contributed by atoms with Crippen LogP contribution in [0.5, 0.6) is 0 Å². The zero-order valence-electron chi connectivity index (χ0n) is 13.9. The average molecular weight is 310 g/mol. The van der Waals surface area contributed by atoms with Crippen LogP contribution in [-0.2, 0) is 0 Å². The van der Waals surface area contributed by atoms with E-state index in [1.165, 1.54) is 5.57 Å². The van der Waals surface area contributed by atoms with E-state index in [0.717, 1.165) is 5.52 Å². The fourth-order valence-corrected chi connectivity index (χ4v) is 2.28. The molecule has 1 heterocycles. The van der Waals surface area contributed by atoms with E-state index in [4.69, 9.17) is 0 Å². The van der Waals surface area contributed by atoms with Gasteiger partial charge < -0.3 is 10.1 Å². The Hall–Kier alpha value is -2.62. The van der Waals surface area contributed by atoms with Crippen molar-refractivity contribution in [2.45, 2.75) is 27.7 Å². The monoisotopic (exact) mass is 310 g/mol. The SMILES string of the molecule is C\C=C/C(=C\C=C\c1nc2c(C(=O)O)cccc2[nH]1)C(C)(C)C. The van der Waals surface area contributed by atoms with E-state index < -0.39 is 5.97 Å². The predicted molar refractivity (Wildman–Crippen MR) is 94.4 cm³/mol. The van der Waals surface area contributed by atoms with Crippen molar-refractivity contribution in [3.05, 3.63) is 59.5 Å². The molecule has 0 radical (unpaired) electrons. The van der Waals surface area contributed by atoms with Crippen molar-refractivity contribution in [2.24, 2.45) is 5.41 Å². The van der Waals surface area contributed by atoms with Crippen LogP contribution >= 0.6 is 0 Å². The van der Waals surface area contributed by atoms with Gasteiger partial charge in [-0.1, -0.05) is 51.1 Å². The Bertz CT molecular complexity index is 802. The first-order valence-corrected chi connectivity index (χ1v) is 7.56. The summed E-state index contributed by atoms with van der Waals surface area (Å²) in [6.45, 7) is 8.48. The molecular formula is C19H22N2O2. The maximum absolute atomic E-state index is 11.2. The molecule has 0 aliphatic heterocycles. The van der Waals surface area contributed by atoms with Crippen LogP contribution < -0.4 is 0 Å². The number of carboxylic acid groups (broad SMARTS) is 1. The number of benzene rings is 1. The number of H-pyrrole nitrogens is 1. The van der Waals surface area contributed by atoms with Gasteiger partial charge in [-0.3, -0.25) is 0 Å². The summed E-state index contributed by atoms with van der Waals surface area (Å²) in [7, 11) is 0. The van der Waals surface area contributed by atoms with Crippen LogP contribution in [-0.4, -0.2) is 21.0 Å². The highest BCUT2D eigenvalue weighted by molar-refractivity contribution is 6.01. The second-order valence-corrected chi connectivity index (χ2v) is 6.36. The first-order chi connectivity index (χ1) is 10.8. The Kier molecular flexibility index (Phi) is 4.84. The van der Waals surface area contributed by atoms with Crippen LogP contribution in [0.2, 0.25) is 0 Å². The van der Waals surface area contributed by atoms with E-state index >= 15 is 0 Å². The number of hydrogen-bond donors (Lipinski definition) is 2. The van der Waals surface area contributed by atoms with Crippen molar-refractivity contribution in [3.63, 3.8) is 0 Å². The Balaban J connectivity index is 2.35. The lowest BCUT2D eigenvalue weighted by molar-refractivity contribution is 0.0699. The molecule has 0 saturated heterocycles. The lowest BCUT2D eigenvalue weighted by Crippen LogP contribution is -2.06. The quantitative estimate of drug-likeness (QED) is 0.795. The Morgan fingerprint density at radius 3 is 2.65 bits per heavy atom. The van der Waals surface area contributed by atoms with Gasteiger partial charge >= 0.3 is 5.97 Å². The third kappa shape index (κ3) is 3.97. The van der Waals surface area contributed by atoms with E-state index in [0.29, 0.717) is 11.3 Å². The van der Waals surface area contributed by atoms with Gasteiger partial charge in [0.25, 0.3) is 0 Å². The second-order valence-electron chi connectivity index (χ2n) is 6.36. The van der Waals surface area contributed by atoms with Crippen LogP contribution in [0.1, 0.15) is 43.9 Å². The van der Waals surface area contributed by atoms with Gasteiger partial charge in [0.2, 0.25) is 0 Å². The topological polar surface area (TPSA) is 66.0 Å². The number of nitrogens with one attached hydrogen (secondary N) is 1. The van der Waals surface area contributed by atoms with E-state index in [1.807, 2.05) is 37.3 Å². The van der Waals surface area contributed by atoms with Gasteiger partial charge in [-0.2, -0.15) is 0 Å². The second kappa shape index (κ2) is 6.65. The number of allylic oxidation sites excluding steroid dienone is 5. The minimum Gasteiger partial charge on any atom is -0.478 e. The molecule has 1 aromatic heterocycles. The van der Waals surface area contributed by atoms with E-state index in [1.54, 1.807) is 12.1 Å². The van der Waals surface area contributed by atoms with Gasteiger partial charge in [0, 0.05) is 0 Å². The summed E-state index contributed by atoms with van der Waals surface area (Å²) in [4.78, 5) is 18.7. The number of para-hydroxylation sites is 1. The minimum atomic E-state index is -0.972. The van der Waals surface area contributed by atoms with Crippen LogP contribution in [0.25, 0.3) is 17.1 Å². The van der Waals surface area contributed by atoms with Crippen LogP contribution in [0.4, 0.5) is 0 Å². The fourth-order valence-electron chi connectivity index (χ4n) is 2.28. The number of carboxylic acids is 1. The Morgan fingerprint density at radius 1 is 1.30 bits per heavy atom. The van der Waals surface area contributed by atoms with Crippen LogP contribution in [0.15, 0.2) is 48.1 Å². The summed E-state index contributed by atoms with van der Waals surface area (Å²) in [6, 6.07) is 5.09. The lowest BCUT2D eigenvalue weighted by atomic mass is 9.86. The molecule has 2 aromatic rings. The average Bonchev–Trinajstić information content (AvgIpc) is 2.87. The molecule has 0 fully saturated rings. The molecule has 0 unspecified atom stereocenters. The van der Waals surface area contributed by atoms with Crippen molar-refractivity contribution in [1.29, 1.82) is 0 Å². The third-order valence-corrected chi connectivity index (χ3v) is 3.50. The number of imidazole rings is 1. The molecule has 4 heteroatoms. The highest BCUT2D eigenvalue weighted by atomic mass is 16.4. The van der Waals surface area contributed by atoms with E-state index in [2.05, 4.69) is 36.8 Å². The number of fused-ring (bicyclic) bond motifs is 1. The zero-order valence-corrected chi connectivity index (χ0v) is 13.9. The molecule has 23 heavy (non-hydrogen) atoms. The summed E-state index contributed by atoms with van der Waals surface area (Å²) >= 11 is 0. The largest absolute Gasteiger partial charge is 0.478 e. The van der Waals surface area contributed by atoms with Gasteiger partial charge in [0.05, 0.1) is 11.1 Å². The zero-order chi connectivity index (χ0) is 17.0. The molecule has 0 bridgehead atoms. The van der Waals surface area contributed by atoms with Crippen molar-refractivity contribution < 1.29 is 9.90 Å². The standard InChI is InChI=1S/C19H22N2O2/c1-5-8-13(19(2,3)4)9-6-12-16-20-15-11-7-10-14(18(22)23)17(15)21-16/h5-12H,1-4H3,(H,20,21)(H,22,23)/b8-5-,12-6+,13-9+. The normalized spacial score (nSPS) is 13.5. The molecule has 4 nitrogen and oxygen atoms in total. The fraction of sp³-hybridized carbons (Fsp3) is 0.263. The van der Waals surface area contributed by atoms with Crippen molar-refractivity contribution in [1.82, 2.24) is 9.97 Å². The predicted octanol–water partition coefficient (Wildman–Crippen LogP) is 4.82. The molecule has 0 aliphatic carbocycles. The maximum atomic E-state index is 11.2. The summed E-state index contributed by atoms with van der Waals surface area (Å²) in [5.74, 6) is -0.334. The summed E-state index contributed by atoms with van der Waals surface area (Å²) < 4.78 is 0. The highest BCUT2D eigenvalue weighted by Gasteiger charge is 2.13. The highest BCUT2D eigenvalue weighted by Crippen LogP contribution is 2.26. The van der Waals surface area contributed by atoms with Gasteiger partial charge in [-0.15, -0.1) is 0 Å². The molecule has 120 valence electrons. The summed E-state index contributed by atoms with van der Waals surface area (Å²) in [6.07, 6.45) is 9.93. The minimum absolute atomic E-state index is 0.0568. The summed E-state index contributed by atoms with van der Waals surface area (Å²) in [5.41, 5.74) is 2.67. The molecule has 0 saturated carbocycles. The summed E-state index contributed by atoms with van der Waals surface area (Å²) in [5, 5.41) is 9.20. The van der Waals surface area contributed by atoms with E-state index in [-0.39, 0.29) is 11.0 Å². The number of hydrogen-bond acceptors (Lipinski definition) is 2. The number of nitrogens with zero attached hydrogens (tertiary/aromatic N) is 1. The van der Waals surface area contributed by atoms with Crippen molar-refractivity contribution >= 4 is 23.1 Å². The third-order valence-electron chi connectivity index (χ3n) is 3.50. The maximum Gasteiger partial charge on any atom is 0.337 e. The smallest absolute Gasteiger partial charge is 0.337 e. The Morgan fingerprint density at radius 2 is 2.04 bits per heavy atom. The first-order valence-electron chi connectivity index (χ1n) is 7.56. The Labute approximate surface area is 136 Å². The molecule has 0 aliphatic rings. The molecule has 0 amide bonds. The molecule has 0 spiro atoms. The first kappa shape index (κ1) is 16.7. The lowest BCUT2D eigenvalue weighted by Gasteiger charge is -2.19. The number of rotatable bonds is 4. The van der Waals surface area contributed by atoms with Gasteiger partial charge in [0.1, 0.15) is 11.3 Å². The number of aromatic amines is 1. The van der Waals surface area contributed by atoms with Crippen LogP contribution in [0, 0.1) is 5.41 Å². The molecular weight excluding hydrogens is 288 g/mol. The number of aromatic carboxylic acids is 1. The van der Waals surface area contributed by atoms with Gasteiger partial charge in [-0.25, -0.2) is 9.78 Å². The molecule has 1 aromatic carbocycles. The van der Waals surface area contributed by atoms with Crippen molar-refractivity contribution in [3.8, 4) is 0 Å². The number of carbonyl (C=O) groups is 1.